The highest BCUT2D eigenvalue weighted by atomic mass is 16.5. The summed E-state index contributed by atoms with van der Waals surface area (Å²) in [5.74, 6) is 1.84. The Bertz CT molecular complexity index is 1050. The van der Waals surface area contributed by atoms with Crippen LogP contribution in [0.25, 0.3) is 0 Å². The minimum Gasteiger partial charge on any atom is -0.495 e. The summed E-state index contributed by atoms with van der Waals surface area (Å²) in [5.41, 5.74) is 3.20. The lowest BCUT2D eigenvalue weighted by Crippen LogP contribution is -3.13. The molecule has 2 heterocycles. The normalized spacial score (nSPS) is 14.5. The van der Waals surface area contributed by atoms with Gasteiger partial charge in [-0.15, -0.1) is 0 Å². The second kappa shape index (κ2) is 9.71. The summed E-state index contributed by atoms with van der Waals surface area (Å²) >= 11 is 0. The lowest BCUT2D eigenvalue weighted by Gasteiger charge is -2.34. The summed E-state index contributed by atoms with van der Waals surface area (Å²) in [6.07, 6.45) is 1.44. The second-order valence-electron chi connectivity index (χ2n) is 7.93. The number of aryl methyl sites for hydroxylation is 1. The molecule has 2 aromatic carbocycles. The largest absolute Gasteiger partial charge is 0.495 e. The Kier molecular flexibility index (Phi) is 6.57. The third-order valence-corrected chi connectivity index (χ3v) is 5.69. The Morgan fingerprint density at radius 3 is 2.48 bits per heavy atom. The number of benzene rings is 2. The molecule has 31 heavy (non-hydrogen) atoms. The van der Waals surface area contributed by atoms with Gasteiger partial charge in [0.1, 0.15) is 25.2 Å². The molecule has 1 N–H and O–H groups in total. The molecule has 162 valence electrons. The first-order chi connectivity index (χ1) is 15.1. The van der Waals surface area contributed by atoms with Gasteiger partial charge < -0.3 is 23.7 Å². The summed E-state index contributed by atoms with van der Waals surface area (Å²) in [6.45, 7) is 6.86. The number of anilines is 1. The van der Waals surface area contributed by atoms with Crippen molar-refractivity contribution in [3.05, 3.63) is 88.0 Å². The highest BCUT2D eigenvalue weighted by Gasteiger charge is 2.23. The minimum atomic E-state index is -0.139. The van der Waals surface area contributed by atoms with Crippen LogP contribution in [0.15, 0.2) is 70.1 Å². The molecule has 0 spiro atoms. The van der Waals surface area contributed by atoms with E-state index in [0.717, 1.165) is 43.2 Å². The maximum absolute atomic E-state index is 12.4. The molecule has 3 aromatic rings. The van der Waals surface area contributed by atoms with E-state index in [4.69, 9.17) is 13.9 Å². The highest BCUT2D eigenvalue weighted by molar-refractivity contribution is 5.58. The number of nitrogens with one attached hydrogen (secondary N) is 1. The maximum atomic E-state index is 12.4. The molecule has 6 nitrogen and oxygen atoms in total. The summed E-state index contributed by atoms with van der Waals surface area (Å²) in [6, 6.07) is 17.7. The van der Waals surface area contributed by atoms with Crippen molar-refractivity contribution in [2.75, 3.05) is 38.2 Å². The monoisotopic (exact) mass is 421 g/mol. The van der Waals surface area contributed by atoms with Crippen molar-refractivity contribution in [1.82, 2.24) is 0 Å². The molecule has 1 saturated heterocycles. The van der Waals surface area contributed by atoms with Crippen LogP contribution in [0.2, 0.25) is 0 Å². The molecule has 6 heteroatoms. The van der Waals surface area contributed by atoms with E-state index in [1.165, 1.54) is 16.7 Å². The number of para-hydroxylation sites is 2. The van der Waals surface area contributed by atoms with Gasteiger partial charge in [-0.1, -0.05) is 42.0 Å². The fourth-order valence-electron chi connectivity index (χ4n) is 3.86. The molecule has 1 fully saturated rings. The zero-order chi connectivity index (χ0) is 21.6. The number of hydrogen-bond donors (Lipinski definition) is 1. The summed E-state index contributed by atoms with van der Waals surface area (Å²) in [5, 5.41) is 0. The molecule has 0 bridgehead atoms. The molecule has 0 radical (unpaired) electrons. The Morgan fingerprint density at radius 1 is 1.03 bits per heavy atom. The molecule has 1 aromatic heterocycles. The quantitative estimate of drug-likeness (QED) is 0.635. The number of nitrogens with zero attached hydrogens (tertiary/aromatic N) is 1. The van der Waals surface area contributed by atoms with Crippen LogP contribution >= 0.6 is 0 Å². The standard InChI is InChI=1S/C25H28N2O4/c1-19-7-9-20(10-8-19)17-31-25-18-30-21(15-23(25)28)16-26-11-13-27(14-12-26)22-5-3-4-6-24(22)29-2/h3-10,15,18H,11-14,16-17H2,1-2H3/p+1. The topological polar surface area (TPSA) is 56.4 Å². The van der Waals surface area contributed by atoms with Crippen LogP contribution in [0.3, 0.4) is 0 Å². The Morgan fingerprint density at radius 2 is 1.77 bits per heavy atom. The van der Waals surface area contributed by atoms with E-state index in [9.17, 15) is 4.79 Å². The molecule has 1 aliphatic rings. The first-order valence-corrected chi connectivity index (χ1v) is 10.6. The molecule has 0 atom stereocenters. The first-order valence-electron chi connectivity index (χ1n) is 10.6. The third-order valence-electron chi connectivity index (χ3n) is 5.69. The highest BCUT2D eigenvalue weighted by Crippen LogP contribution is 2.27. The van der Waals surface area contributed by atoms with Gasteiger partial charge in [0.15, 0.2) is 5.76 Å². The zero-order valence-electron chi connectivity index (χ0n) is 18.1. The maximum Gasteiger partial charge on any atom is 0.227 e. The van der Waals surface area contributed by atoms with Gasteiger partial charge in [0.2, 0.25) is 11.2 Å². The summed E-state index contributed by atoms with van der Waals surface area (Å²) in [7, 11) is 1.70. The minimum absolute atomic E-state index is 0.139. The Hall–Kier alpha value is -3.25. The fraction of sp³-hybridized carbons (Fsp3) is 0.320. The molecule has 1 aliphatic heterocycles. The van der Waals surface area contributed by atoms with Gasteiger partial charge in [0, 0.05) is 6.07 Å². The Balaban J connectivity index is 1.31. The molecule has 0 unspecified atom stereocenters. The van der Waals surface area contributed by atoms with Crippen molar-refractivity contribution in [3.8, 4) is 11.5 Å². The van der Waals surface area contributed by atoms with Crippen LogP contribution in [-0.2, 0) is 13.2 Å². The number of piperazine rings is 1. The molecule has 0 saturated carbocycles. The van der Waals surface area contributed by atoms with Crippen LogP contribution in [0.5, 0.6) is 11.5 Å². The van der Waals surface area contributed by atoms with E-state index < -0.39 is 0 Å². The van der Waals surface area contributed by atoms with Crippen molar-refractivity contribution in [2.45, 2.75) is 20.1 Å². The Labute approximate surface area is 182 Å². The summed E-state index contributed by atoms with van der Waals surface area (Å²) in [4.78, 5) is 16.2. The number of hydrogen-bond acceptors (Lipinski definition) is 5. The van der Waals surface area contributed by atoms with E-state index in [-0.39, 0.29) is 11.2 Å². The van der Waals surface area contributed by atoms with Crippen LogP contribution in [0.1, 0.15) is 16.9 Å². The average Bonchev–Trinajstić information content (AvgIpc) is 2.80. The van der Waals surface area contributed by atoms with E-state index in [2.05, 4.69) is 11.0 Å². The van der Waals surface area contributed by atoms with Crippen molar-refractivity contribution < 1.29 is 18.8 Å². The van der Waals surface area contributed by atoms with Gasteiger partial charge in [-0.2, -0.15) is 0 Å². The number of quaternary nitrogens is 1. The van der Waals surface area contributed by atoms with E-state index in [1.807, 2.05) is 49.4 Å². The predicted octanol–water partition coefficient (Wildman–Crippen LogP) is 2.44. The van der Waals surface area contributed by atoms with Crippen LogP contribution in [-0.4, -0.2) is 33.3 Å². The predicted molar refractivity (Wildman–Crippen MR) is 120 cm³/mol. The third kappa shape index (κ3) is 5.27. The second-order valence-corrected chi connectivity index (χ2v) is 7.93. The van der Waals surface area contributed by atoms with Gasteiger partial charge >= 0.3 is 0 Å². The van der Waals surface area contributed by atoms with E-state index in [0.29, 0.717) is 18.9 Å². The number of methoxy groups -OCH3 is 1. The summed E-state index contributed by atoms with van der Waals surface area (Å²) < 4.78 is 16.9. The van der Waals surface area contributed by atoms with Crippen LogP contribution in [0.4, 0.5) is 5.69 Å². The molecule has 0 amide bonds. The fourth-order valence-corrected chi connectivity index (χ4v) is 3.86. The van der Waals surface area contributed by atoms with E-state index >= 15 is 0 Å². The van der Waals surface area contributed by atoms with Gasteiger partial charge in [0.25, 0.3) is 0 Å². The lowest BCUT2D eigenvalue weighted by atomic mass is 10.2. The van der Waals surface area contributed by atoms with Crippen LogP contribution < -0.4 is 24.7 Å². The van der Waals surface area contributed by atoms with Crippen molar-refractivity contribution in [3.63, 3.8) is 0 Å². The number of rotatable bonds is 7. The molecular formula is C25H29N2O4+. The number of ether oxygens (including phenoxy) is 2. The SMILES string of the molecule is COc1ccccc1N1CC[NH+](Cc2cc(=O)c(OCc3ccc(C)cc3)co2)CC1. The molecule has 0 aliphatic carbocycles. The van der Waals surface area contributed by atoms with Gasteiger partial charge in [-0.3, -0.25) is 4.79 Å². The zero-order valence-corrected chi connectivity index (χ0v) is 18.1. The van der Waals surface area contributed by atoms with Gasteiger partial charge in [-0.25, -0.2) is 0 Å². The van der Waals surface area contributed by atoms with Gasteiger partial charge in [-0.05, 0) is 24.6 Å². The van der Waals surface area contributed by atoms with E-state index in [1.54, 1.807) is 13.2 Å². The van der Waals surface area contributed by atoms with Crippen molar-refractivity contribution in [2.24, 2.45) is 0 Å². The lowest BCUT2D eigenvalue weighted by molar-refractivity contribution is -0.915. The van der Waals surface area contributed by atoms with Gasteiger partial charge in [0.05, 0.1) is 39.0 Å². The average molecular weight is 422 g/mol. The van der Waals surface area contributed by atoms with Crippen molar-refractivity contribution >= 4 is 5.69 Å². The first kappa shape index (κ1) is 21.0. The van der Waals surface area contributed by atoms with Crippen LogP contribution in [0, 0.1) is 6.92 Å². The molecule has 4 rings (SSSR count). The molecular weight excluding hydrogens is 392 g/mol. The van der Waals surface area contributed by atoms with Crippen molar-refractivity contribution in [1.29, 1.82) is 0 Å². The smallest absolute Gasteiger partial charge is 0.227 e.